The van der Waals surface area contributed by atoms with Gasteiger partial charge in [-0.05, 0) is 44.2 Å². The molecule has 2 aliphatic heterocycles. The van der Waals surface area contributed by atoms with Crippen molar-refractivity contribution in [2.45, 2.75) is 101 Å². The molecule has 220 valence electrons. The molecular formula is C25H47N5O8. The van der Waals surface area contributed by atoms with Crippen LogP contribution in [0, 0.1) is 5.92 Å². The Hall–Kier alpha value is -1.39. The molecule has 13 nitrogen and oxygen atoms in total. The average molecular weight is 546 g/mol. The van der Waals surface area contributed by atoms with E-state index in [2.05, 4.69) is 10.6 Å². The molecule has 1 saturated carbocycles. The fourth-order valence-corrected chi connectivity index (χ4v) is 5.01. The van der Waals surface area contributed by atoms with Gasteiger partial charge in [-0.15, -0.1) is 0 Å². The number of carbonyl (C=O) groups excluding carboxylic acids is 1. The third kappa shape index (κ3) is 9.08. The van der Waals surface area contributed by atoms with Gasteiger partial charge in [-0.1, -0.05) is 6.92 Å². The first-order chi connectivity index (χ1) is 18.2. The first-order valence-corrected chi connectivity index (χ1v) is 13.7. The van der Waals surface area contributed by atoms with Crippen LogP contribution < -0.4 is 27.8 Å². The van der Waals surface area contributed by atoms with E-state index < -0.39 is 49.1 Å². The molecule has 0 bridgehead atoms. The minimum absolute atomic E-state index is 0.115. The smallest absolute Gasteiger partial charge is 0.220 e. The zero-order valence-electron chi connectivity index (χ0n) is 22.2. The van der Waals surface area contributed by atoms with Gasteiger partial charge in [0, 0.05) is 31.5 Å². The largest absolute Gasteiger partial charge is 0.468 e. The average Bonchev–Trinajstić information content (AvgIpc) is 2.88. The van der Waals surface area contributed by atoms with Crippen LogP contribution in [-0.4, -0.2) is 109 Å². The van der Waals surface area contributed by atoms with E-state index in [1.165, 1.54) is 0 Å². The lowest BCUT2D eigenvalue weighted by molar-refractivity contribution is -0.282. The highest BCUT2D eigenvalue weighted by molar-refractivity contribution is 5.76. The Labute approximate surface area is 224 Å². The number of hydrogen-bond donors (Lipinski definition) is 8. The molecule has 1 aliphatic carbocycles. The molecule has 0 spiro atoms. The second kappa shape index (κ2) is 15.4. The minimum atomic E-state index is -1.22. The molecule has 10 atom stereocenters. The maximum Gasteiger partial charge on any atom is 0.220 e. The summed E-state index contributed by atoms with van der Waals surface area (Å²) in [6.45, 7) is 3.51. The molecule has 3 aliphatic rings. The number of aliphatic hydroxyl groups is 3. The molecule has 11 N–H and O–H groups in total. The predicted octanol–water partition coefficient (Wildman–Crippen LogP) is -2.25. The highest BCUT2D eigenvalue weighted by Gasteiger charge is 2.48. The summed E-state index contributed by atoms with van der Waals surface area (Å²) in [5, 5.41) is 37.0. The fraction of sp³-hybridized carbons (Fsp3) is 0.880. The van der Waals surface area contributed by atoms with Gasteiger partial charge in [-0.2, -0.15) is 0 Å². The summed E-state index contributed by atoms with van der Waals surface area (Å²) >= 11 is 0. The van der Waals surface area contributed by atoms with Crippen LogP contribution in [0.15, 0.2) is 11.8 Å². The maximum atomic E-state index is 12.5. The number of aliphatic hydroxyl groups excluding tert-OH is 3. The van der Waals surface area contributed by atoms with Gasteiger partial charge in [0.25, 0.3) is 0 Å². The second-order valence-corrected chi connectivity index (χ2v) is 10.6. The number of nitrogens with two attached hydrogens (primary N) is 3. The lowest BCUT2D eigenvalue weighted by atomic mass is 9.83. The first kappa shape index (κ1) is 31.1. The summed E-state index contributed by atoms with van der Waals surface area (Å²) in [6.07, 6.45) is -0.613. The van der Waals surface area contributed by atoms with Crippen molar-refractivity contribution in [1.29, 1.82) is 0 Å². The standard InChI is InChI=1S/C25H47N5O8/c1-14-8-19(32)25(35-13-14)38-24-18(30-20(33)5-3-7-26)9-17(28)23(22(24)34)37-21-6-2-4-16(36-21)11-29-10-15(27)12-31/h4,14-15,17-19,21-25,29,31-32,34H,2-3,5-13,26-28H2,1H3,(H,30,33)/t14-,15?,17-,18+,19+,21+,22-,23+,24-,25+/m0/s1. The van der Waals surface area contributed by atoms with Crippen molar-refractivity contribution in [2.24, 2.45) is 23.1 Å². The zero-order valence-corrected chi connectivity index (χ0v) is 22.2. The van der Waals surface area contributed by atoms with Gasteiger partial charge in [-0.3, -0.25) is 4.79 Å². The lowest BCUT2D eigenvalue weighted by Crippen LogP contribution is -2.66. The Morgan fingerprint density at radius 2 is 2.05 bits per heavy atom. The molecule has 0 aromatic rings. The quantitative estimate of drug-likeness (QED) is 0.123. The van der Waals surface area contributed by atoms with Crippen molar-refractivity contribution in [1.82, 2.24) is 10.6 Å². The number of carbonyl (C=O) groups is 1. The summed E-state index contributed by atoms with van der Waals surface area (Å²) < 4.78 is 24.0. The fourth-order valence-electron chi connectivity index (χ4n) is 5.01. The number of hydrogen-bond acceptors (Lipinski definition) is 12. The van der Waals surface area contributed by atoms with Crippen molar-refractivity contribution in [3.8, 4) is 0 Å². The number of allylic oxidation sites excluding steroid dienone is 1. The summed E-state index contributed by atoms with van der Waals surface area (Å²) in [5.41, 5.74) is 17.7. The van der Waals surface area contributed by atoms with Crippen molar-refractivity contribution in [3.05, 3.63) is 11.8 Å². The zero-order chi connectivity index (χ0) is 27.7. The van der Waals surface area contributed by atoms with E-state index in [1.807, 2.05) is 13.0 Å². The number of nitrogens with one attached hydrogen (secondary N) is 2. The molecule has 1 saturated heterocycles. The Morgan fingerprint density at radius 3 is 2.76 bits per heavy atom. The van der Waals surface area contributed by atoms with E-state index in [4.69, 9.17) is 41.3 Å². The number of ether oxygens (including phenoxy) is 4. The summed E-state index contributed by atoms with van der Waals surface area (Å²) in [5.74, 6) is 0.637. The molecule has 3 rings (SSSR count). The summed E-state index contributed by atoms with van der Waals surface area (Å²) in [4.78, 5) is 12.5. The van der Waals surface area contributed by atoms with Gasteiger partial charge in [0.1, 0.15) is 30.2 Å². The normalized spacial score (nSPS) is 36.7. The Bertz CT molecular complexity index is 761. The topological polar surface area (TPSA) is 217 Å². The van der Waals surface area contributed by atoms with E-state index in [0.717, 1.165) is 0 Å². The number of amides is 1. The van der Waals surface area contributed by atoms with Crippen LogP contribution in [0.2, 0.25) is 0 Å². The van der Waals surface area contributed by atoms with Crippen molar-refractivity contribution in [3.63, 3.8) is 0 Å². The van der Waals surface area contributed by atoms with E-state index in [9.17, 15) is 15.0 Å². The SMILES string of the molecule is C[C@@H]1CO[C@H](O[C@@H]2[C@@H](O)[C@H](O[C@@H]3CCC=C(CNCC(N)CO)O3)[C@@H](N)C[C@H]2NC(=O)CCCN)[C@H](O)C1. The molecule has 0 aromatic carbocycles. The first-order valence-electron chi connectivity index (χ1n) is 13.7. The molecular weight excluding hydrogens is 498 g/mol. The Morgan fingerprint density at radius 1 is 1.26 bits per heavy atom. The van der Waals surface area contributed by atoms with Crippen LogP contribution in [0.25, 0.3) is 0 Å². The van der Waals surface area contributed by atoms with Gasteiger partial charge in [0.2, 0.25) is 5.91 Å². The van der Waals surface area contributed by atoms with Gasteiger partial charge in [-0.25, -0.2) is 0 Å². The van der Waals surface area contributed by atoms with Gasteiger partial charge < -0.3 is 62.1 Å². The maximum absolute atomic E-state index is 12.5. The third-order valence-corrected chi connectivity index (χ3v) is 7.07. The van der Waals surface area contributed by atoms with E-state index in [-0.39, 0.29) is 37.3 Å². The van der Waals surface area contributed by atoms with Crippen LogP contribution in [-0.2, 0) is 23.7 Å². The summed E-state index contributed by atoms with van der Waals surface area (Å²) in [7, 11) is 0. The molecule has 0 aromatic heterocycles. The Balaban J connectivity index is 1.65. The van der Waals surface area contributed by atoms with Crippen LogP contribution in [0.5, 0.6) is 0 Å². The van der Waals surface area contributed by atoms with Crippen molar-refractivity contribution in [2.75, 3.05) is 32.8 Å². The van der Waals surface area contributed by atoms with Crippen LogP contribution in [0.3, 0.4) is 0 Å². The second-order valence-electron chi connectivity index (χ2n) is 10.6. The van der Waals surface area contributed by atoms with Gasteiger partial charge in [0.15, 0.2) is 12.6 Å². The lowest BCUT2D eigenvalue weighted by Gasteiger charge is -2.46. The van der Waals surface area contributed by atoms with Crippen molar-refractivity contribution >= 4 is 5.91 Å². The molecule has 2 fully saturated rings. The number of rotatable bonds is 13. The van der Waals surface area contributed by atoms with Gasteiger partial charge in [0.05, 0.1) is 25.8 Å². The molecule has 2 heterocycles. The highest BCUT2D eigenvalue weighted by Crippen LogP contribution is 2.31. The monoisotopic (exact) mass is 545 g/mol. The molecule has 1 amide bonds. The Kier molecular flexibility index (Phi) is 12.6. The predicted molar refractivity (Wildman–Crippen MR) is 138 cm³/mol. The van der Waals surface area contributed by atoms with E-state index in [1.54, 1.807) is 0 Å². The van der Waals surface area contributed by atoms with E-state index in [0.29, 0.717) is 57.7 Å². The minimum Gasteiger partial charge on any atom is -0.468 e. The molecule has 38 heavy (non-hydrogen) atoms. The van der Waals surface area contributed by atoms with E-state index >= 15 is 0 Å². The van der Waals surface area contributed by atoms with Gasteiger partial charge >= 0.3 is 0 Å². The van der Waals surface area contributed by atoms with Crippen molar-refractivity contribution < 1.29 is 39.1 Å². The molecule has 13 heteroatoms. The van der Waals surface area contributed by atoms with Crippen LogP contribution in [0.4, 0.5) is 0 Å². The third-order valence-electron chi connectivity index (χ3n) is 7.07. The summed E-state index contributed by atoms with van der Waals surface area (Å²) in [6, 6.07) is -1.58. The van der Waals surface area contributed by atoms with Crippen LogP contribution in [0.1, 0.15) is 45.4 Å². The highest BCUT2D eigenvalue weighted by atomic mass is 16.7. The molecule has 0 radical (unpaired) electrons. The molecule has 1 unspecified atom stereocenters. The van der Waals surface area contributed by atoms with Crippen LogP contribution >= 0.6 is 0 Å².